The van der Waals surface area contributed by atoms with Gasteiger partial charge in [-0.1, -0.05) is 12.1 Å². The predicted octanol–water partition coefficient (Wildman–Crippen LogP) is 3.13. The normalized spacial score (nSPS) is 25.1. The van der Waals surface area contributed by atoms with Crippen LogP contribution in [0.25, 0.3) is 0 Å². The summed E-state index contributed by atoms with van der Waals surface area (Å²) < 4.78 is 19.0. The predicted molar refractivity (Wildman–Crippen MR) is 58.2 cm³/mol. The van der Waals surface area contributed by atoms with Crippen LogP contribution >= 0.6 is 0 Å². The molecule has 1 aliphatic rings. The van der Waals surface area contributed by atoms with Crippen LogP contribution in [0.5, 0.6) is 0 Å². The Labute approximate surface area is 94.7 Å². The maximum atomic E-state index is 13.4. The van der Waals surface area contributed by atoms with E-state index >= 15 is 0 Å². The third-order valence-corrected chi connectivity index (χ3v) is 3.01. The Kier molecular flexibility index (Phi) is 3.21. The first kappa shape index (κ1) is 11.1. The summed E-state index contributed by atoms with van der Waals surface area (Å²) in [5.41, 5.74) is 1.39. The van der Waals surface area contributed by atoms with Gasteiger partial charge in [0.15, 0.2) is 0 Å². The van der Waals surface area contributed by atoms with Crippen molar-refractivity contribution >= 4 is 0 Å². The number of benzene rings is 1. The zero-order chi connectivity index (χ0) is 11.5. The van der Waals surface area contributed by atoms with E-state index in [1.54, 1.807) is 13.0 Å². The average molecular weight is 219 g/mol. The maximum Gasteiger partial charge on any atom is 0.126 e. The molecule has 16 heavy (non-hydrogen) atoms. The highest BCUT2D eigenvalue weighted by molar-refractivity contribution is 5.26. The van der Waals surface area contributed by atoms with Gasteiger partial charge in [0, 0.05) is 6.61 Å². The van der Waals surface area contributed by atoms with Crippen molar-refractivity contribution in [2.24, 2.45) is 5.92 Å². The summed E-state index contributed by atoms with van der Waals surface area (Å²) in [4.78, 5) is 0. The van der Waals surface area contributed by atoms with E-state index in [0.717, 1.165) is 18.4 Å². The van der Waals surface area contributed by atoms with Gasteiger partial charge in [-0.3, -0.25) is 0 Å². The molecular weight excluding hydrogens is 205 g/mol. The van der Waals surface area contributed by atoms with E-state index in [-0.39, 0.29) is 17.8 Å². The molecule has 2 atom stereocenters. The van der Waals surface area contributed by atoms with Gasteiger partial charge in [0.05, 0.1) is 18.1 Å². The maximum absolute atomic E-state index is 13.4. The Morgan fingerprint density at radius 2 is 2.31 bits per heavy atom. The summed E-state index contributed by atoms with van der Waals surface area (Å²) in [6, 6.07) is 7.30. The zero-order valence-electron chi connectivity index (χ0n) is 9.24. The average Bonchev–Trinajstić information content (AvgIpc) is 2.32. The van der Waals surface area contributed by atoms with E-state index in [1.165, 1.54) is 6.07 Å². The van der Waals surface area contributed by atoms with Crippen LogP contribution in [-0.2, 0) is 4.74 Å². The van der Waals surface area contributed by atoms with Crippen LogP contribution < -0.4 is 0 Å². The molecule has 1 saturated heterocycles. The van der Waals surface area contributed by atoms with E-state index in [4.69, 9.17) is 10.00 Å². The first-order valence-electron chi connectivity index (χ1n) is 5.49. The molecule has 1 fully saturated rings. The van der Waals surface area contributed by atoms with Crippen molar-refractivity contribution in [3.05, 3.63) is 35.1 Å². The molecule has 0 aliphatic carbocycles. The molecule has 0 spiro atoms. The molecule has 0 N–H and O–H groups in total. The van der Waals surface area contributed by atoms with Gasteiger partial charge in [-0.25, -0.2) is 4.39 Å². The summed E-state index contributed by atoms with van der Waals surface area (Å²) in [5, 5.41) is 9.02. The number of nitrogens with zero attached hydrogens (tertiary/aromatic N) is 1. The Morgan fingerprint density at radius 1 is 1.50 bits per heavy atom. The third-order valence-electron chi connectivity index (χ3n) is 3.01. The van der Waals surface area contributed by atoms with Gasteiger partial charge in [0.2, 0.25) is 0 Å². The Hall–Kier alpha value is -1.40. The van der Waals surface area contributed by atoms with Crippen molar-refractivity contribution in [2.45, 2.75) is 25.9 Å². The molecule has 3 heteroatoms. The molecule has 0 radical (unpaired) electrons. The topological polar surface area (TPSA) is 33.0 Å². The first-order chi connectivity index (χ1) is 7.72. The molecule has 0 amide bonds. The van der Waals surface area contributed by atoms with Crippen molar-refractivity contribution in [3.8, 4) is 6.07 Å². The van der Waals surface area contributed by atoms with Gasteiger partial charge >= 0.3 is 0 Å². The lowest BCUT2D eigenvalue weighted by atomic mass is 9.90. The standard InChI is InChI=1S/C13H14FNO/c1-9-4-5-10(7-12(9)14)13-11(8-15)3-2-6-16-13/h4-5,7,11,13H,2-3,6H2,1H3. The number of hydrogen-bond donors (Lipinski definition) is 0. The van der Waals surface area contributed by atoms with Crippen molar-refractivity contribution in [1.82, 2.24) is 0 Å². The fourth-order valence-electron chi connectivity index (χ4n) is 2.03. The van der Waals surface area contributed by atoms with Gasteiger partial charge in [-0.05, 0) is 37.0 Å². The van der Waals surface area contributed by atoms with E-state index < -0.39 is 0 Å². The minimum Gasteiger partial charge on any atom is -0.372 e. The molecule has 0 aromatic heterocycles. The second-order valence-electron chi connectivity index (χ2n) is 4.18. The number of halogens is 1. The quantitative estimate of drug-likeness (QED) is 0.727. The van der Waals surface area contributed by atoms with Crippen LogP contribution in [0.2, 0.25) is 0 Å². The van der Waals surface area contributed by atoms with Crippen LogP contribution in [0.4, 0.5) is 4.39 Å². The molecule has 1 aromatic rings. The monoisotopic (exact) mass is 219 g/mol. The first-order valence-corrected chi connectivity index (χ1v) is 5.49. The Morgan fingerprint density at radius 3 is 3.00 bits per heavy atom. The van der Waals surface area contributed by atoms with E-state index in [1.807, 2.05) is 6.07 Å². The van der Waals surface area contributed by atoms with Gasteiger partial charge in [-0.2, -0.15) is 5.26 Å². The number of nitriles is 1. The lowest BCUT2D eigenvalue weighted by Gasteiger charge is -2.27. The summed E-state index contributed by atoms with van der Waals surface area (Å²) in [5.74, 6) is -0.390. The third kappa shape index (κ3) is 2.07. The molecule has 2 rings (SSSR count). The zero-order valence-corrected chi connectivity index (χ0v) is 9.24. The van der Waals surface area contributed by atoms with Gasteiger partial charge in [-0.15, -0.1) is 0 Å². The van der Waals surface area contributed by atoms with Crippen molar-refractivity contribution < 1.29 is 9.13 Å². The van der Waals surface area contributed by atoms with E-state index in [9.17, 15) is 4.39 Å². The van der Waals surface area contributed by atoms with Gasteiger partial charge in [0.1, 0.15) is 5.82 Å². The smallest absolute Gasteiger partial charge is 0.126 e. The van der Waals surface area contributed by atoms with Crippen LogP contribution in [-0.4, -0.2) is 6.61 Å². The van der Waals surface area contributed by atoms with Crippen LogP contribution in [0, 0.1) is 30.0 Å². The van der Waals surface area contributed by atoms with Crippen molar-refractivity contribution in [2.75, 3.05) is 6.61 Å². The molecular formula is C13H14FNO. The highest BCUT2D eigenvalue weighted by Gasteiger charge is 2.27. The van der Waals surface area contributed by atoms with Gasteiger partial charge < -0.3 is 4.74 Å². The number of rotatable bonds is 1. The number of hydrogen-bond acceptors (Lipinski definition) is 2. The summed E-state index contributed by atoms with van der Waals surface area (Å²) in [7, 11) is 0. The molecule has 2 unspecified atom stereocenters. The van der Waals surface area contributed by atoms with E-state index in [0.29, 0.717) is 12.2 Å². The van der Waals surface area contributed by atoms with Crippen molar-refractivity contribution in [3.63, 3.8) is 0 Å². The van der Waals surface area contributed by atoms with E-state index in [2.05, 4.69) is 6.07 Å². The molecule has 0 saturated carbocycles. The summed E-state index contributed by atoms with van der Waals surface area (Å²) in [6.07, 6.45) is 1.47. The fourth-order valence-corrected chi connectivity index (χ4v) is 2.03. The summed E-state index contributed by atoms with van der Waals surface area (Å²) >= 11 is 0. The molecule has 1 aromatic carbocycles. The Balaban J connectivity index is 2.28. The minimum atomic E-state index is -0.270. The van der Waals surface area contributed by atoms with Crippen LogP contribution in [0.15, 0.2) is 18.2 Å². The second kappa shape index (κ2) is 4.63. The molecule has 2 nitrogen and oxygen atoms in total. The van der Waals surface area contributed by atoms with Crippen molar-refractivity contribution in [1.29, 1.82) is 5.26 Å². The lowest BCUT2D eigenvalue weighted by Crippen LogP contribution is -2.21. The second-order valence-corrected chi connectivity index (χ2v) is 4.18. The van der Waals surface area contributed by atoms with Crippen LogP contribution in [0.1, 0.15) is 30.1 Å². The molecule has 0 bridgehead atoms. The number of aryl methyl sites for hydroxylation is 1. The fraction of sp³-hybridized carbons (Fsp3) is 0.462. The number of ether oxygens (including phenoxy) is 1. The largest absolute Gasteiger partial charge is 0.372 e. The van der Waals surface area contributed by atoms with Gasteiger partial charge in [0.25, 0.3) is 0 Å². The molecule has 84 valence electrons. The SMILES string of the molecule is Cc1ccc(C2OCCCC2C#N)cc1F. The highest BCUT2D eigenvalue weighted by atomic mass is 19.1. The Bertz CT molecular complexity index is 424. The highest BCUT2D eigenvalue weighted by Crippen LogP contribution is 2.33. The lowest BCUT2D eigenvalue weighted by molar-refractivity contribution is -0.0103. The minimum absolute atomic E-state index is 0.157. The summed E-state index contributed by atoms with van der Waals surface area (Å²) in [6.45, 7) is 2.38. The molecule has 1 heterocycles. The molecule has 1 aliphatic heterocycles. The van der Waals surface area contributed by atoms with Crippen LogP contribution in [0.3, 0.4) is 0 Å².